The lowest BCUT2D eigenvalue weighted by molar-refractivity contribution is -0.152. The molecule has 1 heterocycles. The summed E-state index contributed by atoms with van der Waals surface area (Å²) in [4.78, 5) is 16.2. The number of carbonyl (C=O) groups is 1. The minimum atomic E-state index is -1.31. The van der Waals surface area contributed by atoms with E-state index < -0.39 is 11.6 Å². The standard InChI is InChI=1S/C28H35NO5/c1-6-11-21-17-23(34-28(4,5)27(30)31)18-22(12-7-2)25(21)32-16-15-24-19(3)33-26(29-24)20-13-9-8-10-14-20/h8-10,13-14,17-18H,6-7,11-12,15-16H2,1-5H3,(H,30,31). The van der Waals surface area contributed by atoms with Gasteiger partial charge in [-0.1, -0.05) is 44.9 Å². The second kappa shape index (κ2) is 11.2. The zero-order chi connectivity index (χ0) is 24.7. The molecule has 0 aliphatic heterocycles. The summed E-state index contributed by atoms with van der Waals surface area (Å²) in [7, 11) is 0. The van der Waals surface area contributed by atoms with Crippen molar-refractivity contribution in [3.8, 4) is 23.0 Å². The fraction of sp³-hybridized carbons (Fsp3) is 0.429. The Morgan fingerprint density at radius 2 is 1.65 bits per heavy atom. The Hall–Kier alpha value is -3.28. The molecule has 0 saturated heterocycles. The number of hydrogen-bond acceptors (Lipinski definition) is 5. The summed E-state index contributed by atoms with van der Waals surface area (Å²) >= 11 is 0. The van der Waals surface area contributed by atoms with E-state index in [9.17, 15) is 9.90 Å². The number of carboxylic acids is 1. The van der Waals surface area contributed by atoms with Crippen LogP contribution < -0.4 is 9.47 Å². The van der Waals surface area contributed by atoms with Crippen LogP contribution in [0.2, 0.25) is 0 Å². The maximum absolute atomic E-state index is 11.5. The molecule has 0 spiro atoms. The molecule has 0 amide bonds. The molecule has 6 nitrogen and oxygen atoms in total. The quantitative estimate of drug-likeness (QED) is 0.332. The lowest BCUT2D eigenvalue weighted by atomic mass is 10.0. The summed E-state index contributed by atoms with van der Waals surface area (Å²) in [6.07, 6.45) is 4.15. The van der Waals surface area contributed by atoms with Crippen molar-refractivity contribution in [1.82, 2.24) is 4.98 Å². The SMILES string of the molecule is CCCc1cc(OC(C)(C)C(=O)O)cc(CCC)c1OCCc1nc(-c2ccccc2)oc1C. The van der Waals surface area contributed by atoms with Crippen molar-refractivity contribution in [3.05, 3.63) is 65.0 Å². The Kier molecular flexibility index (Phi) is 8.37. The molecule has 1 N–H and O–H groups in total. The lowest BCUT2D eigenvalue weighted by Crippen LogP contribution is -2.37. The largest absolute Gasteiger partial charge is 0.493 e. The number of aromatic nitrogens is 1. The van der Waals surface area contributed by atoms with Crippen LogP contribution in [0.4, 0.5) is 0 Å². The molecular weight excluding hydrogens is 430 g/mol. The van der Waals surface area contributed by atoms with Gasteiger partial charge in [0.2, 0.25) is 5.89 Å². The molecule has 0 unspecified atom stereocenters. The van der Waals surface area contributed by atoms with Crippen LogP contribution >= 0.6 is 0 Å². The van der Waals surface area contributed by atoms with Gasteiger partial charge in [0.1, 0.15) is 17.3 Å². The third-order valence-corrected chi connectivity index (χ3v) is 5.64. The topological polar surface area (TPSA) is 81.8 Å². The van der Waals surface area contributed by atoms with Gasteiger partial charge in [-0.15, -0.1) is 0 Å². The molecule has 0 bridgehead atoms. The molecule has 0 fully saturated rings. The molecule has 2 aromatic carbocycles. The maximum Gasteiger partial charge on any atom is 0.347 e. The second-order valence-electron chi connectivity index (χ2n) is 8.97. The highest BCUT2D eigenvalue weighted by atomic mass is 16.5. The third kappa shape index (κ3) is 6.19. The van der Waals surface area contributed by atoms with Crippen LogP contribution in [0, 0.1) is 6.92 Å². The summed E-state index contributed by atoms with van der Waals surface area (Å²) in [6.45, 7) is 9.74. The van der Waals surface area contributed by atoms with Gasteiger partial charge in [0.25, 0.3) is 0 Å². The summed E-state index contributed by atoms with van der Waals surface area (Å²) < 4.78 is 18.1. The molecule has 3 rings (SSSR count). The van der Waals surface area contributed by atoms with Crippen LogP contribution in [0.25, 0.3) is 11.5 Å². The van der Waals surface area contributed by atoms with E-state index >= 15 is 0 Å². The predicted molar refractivity (Wildman–Crippen MR) is 133 cm³/mol. The number of oxazole rings is 1. The number of aliphatic carboxylic acids is 1. The maximum atomic E-state index is 11.5. The fourth-order valence-corrected chi connectivity index (χ4v) is 3.83. The minimum absolute atomic E-state index is 0.468. The van der Waals surface area contributed by atoms with E-state index in [2.05, 4.69) is 18.8 Å². The number of aryl methyl sites for hydroxylation is 3. The van der Waals surface area contributed by atoms with Gasteiger partial charge in [0.05, 0.1) is 12.3 Å². The van der Waals surface area contributed by atoms with E-state index in [1.807, 2.05) is 49.4 Å². The first-order valence-electron chi connectivity index (χ1n) is 12.0. The van der Waals surface area contributed by atoms with Crippen LogP contribution in [0.15, 0.2) is 46.9 Å². The number of ether oxygens (including phenoxy) is 2. The molecule has 0 aliphatic carbocycles. The van der Waals surface area contributed by atoms with Gasteiger partial charge in [0, 0.05) is 12.0 Å². The average molecular weight is 466 g/mol. The zero-order valence-electron chi connectivity index (χ0n) is 20.8. The van der Waals surface area contributed by atoms with Crippen LogP contribution in [0.5, 0.6) is 11.5 Å². The Bertz CT molecular complexity index is 1070. The Morgan fingerprint density at radius 1 is 1.03 bits per heavy atom. The number of carboxylic acid groups (broad SMARTS) is 1. The van der Waals surface area contributed by atoms with E-state index in [4.69, 9.17) is 13.9 Å². The van der Waals surface area contributed by atoms with Gasteiger partial charge < -0.3 is 19.0 Å². The molecule has 6 heteroatoms. The van der Waals surface area contributed by atoms with E-state index in [1.165, 1.54) is 0 Å². The number of benzene rings is 2. The summed E-state index contributed by atoms with van der Waals surface area (Å²) in [6, 6.07) is 13.7. The van der Waals surface area contributed by atoms with Crippen LogP contribution in [0.1, 0.15) is 63.1 Å². The molecule has 0 atom stereocenters. The highest BCUT2D eigenvalue weighted by molar-refractivity contribution is 5.76. The first-order valence-corrected chi connectivity index (χ1v) is 12.0. The monoisotopic (exact) mass is 465 g/mol. The fourth-order valence-electron chi connectivity index (χ4n) is 3.83. The summed E-state index contributed by atoms with van der Waals surface area (Å²) in [5.41, 5.74) is 2.60. The van der Waals surface area contributed by atoms with Gasteiger partial charge in [0.15, 0.2) is 5.60 Å². The molecule has 3 aromatic rings. The molecule has 1 aromatic heterocycles. The van der Waals surface area contributed by atoms with E-state index in [0.29, 0.717) is 24.7 Å². The highest BCUT2D eigenvalue weighted by Gasteiger charge is 2.30. The minimum Gasteiger partial charge on any atom is -0.493 e. The van der Waals surface area contributed by atoms with Crippen molar-refractivity contribution in [2.45, 2.75) is 72.3 Å². The van der Waals surface area contributed by atoms with E-state index in [-0.39, 0.29) is 0 Å². The molecule has 0 saturated carbocycles. The lowest BCUT2D eigenvalue weighted by Gasteiger charge is -2.24. The van der Waals surface area contributed by atoms with Crippen molar-refractivity contribution >= 4 is 5.97 Å². The predicted octanol–water partition coefficient (Wildman–Crippen LogP) is 6.42. The van der Waals surface area contributed by atoms with Crippen molar-refractivity contribution in [2.24, 2.45) is 0 Å². The van der Waals surface area contributed by atoms with Crippen molar-refractivity contribution < 1.29 is 23.8 Å². The molecule has 34 heavy (non-hydrogen) atoms. The zero-order valence-corrected chi connectivity index (χ0v) is 20.8. The Balaban J connectivity index is 1.80. The Labute approximate surface area is 201 Å². The van der Waals surface area contributed by atoms with Gasteiger partial charge in [-0.3, -0.25) is 0 Å². The Morgan fingerprint density at radius 3 is 2.21 bits per heavy atom. The van der Waals surface area contributed by atoms with Gasteiger partial charge in [-0.2, -0.15) is 0 Å². The van der Waals surface area contributed by atoms with Crippen LogP contribution in [-0.2, 0) is 24.1 Å². The second-order valence-corrected chi connectivity index (χ2v) is 8.97. The number of nitrogens with zero attached hydrogens (tertiary/aromatic N) is 1. The summed E-state index contributed by atoms with van der Waals surface area (Å²) in [5.74, 6) is 1.85. The normalized spacial score (nSPS) is 11.4. The van der Waals surface area contributed by atoms with Crippen molar-refractivity contribution in [1.29, 1.82) is 0 Å². The molecule has 0 radical (unpaired) electrons. The summed E-state index contributed by atoms with van der Waals surface area (Å²) in [5, 5.41) is 9.46. The first-order chi connectivity index (χ1) is 16.2. The highest BCUT2D eigenvalue weighted by Crippen LogP contribution is 2.34. The van der Waals surface area contributed by atoms with Crippen molar-refractivity contribution in [3.63, 3.8) is 0 Å². The smallest absolute Gasteiger partial charge is 0.347 e. The molecule has 182 valence electrons. The van der Waals surface area contributed by atoms with E-state index in [1.54, 1.807) is 13.8 Å². The molecular formula is C28H35NO5. The third-order valence-electron chi connectivity index (χ3n) is 5.64. The number of rotatable bonds is 12. The van der Waals surface area contributed by atoms with Crippen LogP contribution in [0.3, 0.4) is 0 Å². The van der Waals surface area contributed by atoms with Gasteiger partial charge >= 0.3 is 5.97 Å². The van der Waals surface area contributed by atoms with Crippen molar-refractivity contribution in [2.75, 3.05) is 6.61 Å². The average Bonchev–Trinajstić information content (AvgIpc) is 3.16. The number of hydrogen-bond donors (Lipinski definition) is 1. The molecule has 0 aliphatic rings. The first kappa shape index (κ1) is 25.3. The van der Waals surface area contributed by atoms with Gasteiger partial charge in [-0.25, -0.2) is 9.78 Å². The van der Waals surface area contributed by atoms with E-state index in [0.717, 1.165) is 59.6 Å². The van der Waals surface area contributed by atoms with Crippen LogP contribution in [-0.4, -0.2) is 28.3 Å². The van der Waals surface area contributed by atoms with Gasteiger partial charge in [-0.05, 0) is 69.0 Å².